The second-order valence-corrected chi connectivity index (χ2v) is 6.15. The highest BCUT2D eigenvalue weighted by molar-refractivity contribution is 6.59. The van der Waals surface area contributed by atoms with Gasteiger partial charge in [-0.15, -0.1) is 0 Å². The van der Waals surface area contributed by atoms with Crippen LogP contribution in [0.1, 0.15) is 31.9 Å². The number of hydrogen-bond acceptors (Lipinski definition) is 3. The average Bonchev–Trinajstić information content (AvgIpc) is 2.45. The Kier molecular flexibility index (Phi) is 4.71. The van der Waals surface area contributed by atoms with Gasteiger partial charge in [0.25, 0.3) is 0 Å². The molecule has 0 spiro atoms. The Morgan fingerprint density at radius 1 is 1.00 bits per heavy atom. The number of hydrogen-bond donors (Lipinski definition) is 2. The van der Waals surface area contributed by atoms with E-state index < -0.39 is 7.12 Å². The molecule has 2 N–H and O–H groups in total. The predicted octanol–water partition coefficient (Wildman–Crippen LogP) is 2.24. The first-order chi connectivity index (χ1) is 9.88. The summed E-state index contributed by atoms with van der Waals surface area (Å²) in [6.45, 7) is 6.65. The molecule has 0 fully saturated rings. The molecular weight excluding hydrogens is 263 g/mol. The molecule has 0 amide bonds. The first-order valence-corrected chi connectivity index (χ1v) is 7.05. The van der Waals surface area contributed by atoms with E-state index in [1.165, 1.54) is 0 Å². The van der Waals surface area contributed by atoms with E-state index >= 15 is 0 Å². The summed E-state index contributed by atoms with van der Waals surface area (Å²) in [6.07, 6.45) is 0. The van der Waals surface area contributed by atoms with E-state index in [1.54, 1.807) is 12.1 Å². The Hall–Kier alpha value is -1.78. The van der Waals surface area contributed by atoms with Crippen molar-refractivity contribution < 1.29 is 14.8 Å². The van der Waals surface area contributed by atoms with Crippen LogP contribution in [0.3, 0.4) is 0 Å². The summed E-state index contributed by atoms with van der Waals surface area (Å²) in [5.74, 6) is 0.502. The van der Waals surface area contributed by atoms with Gasteiger partial charge in [-0.05, 0) is 22.6 Å². The highest BCUT2D eigenvalue weighted by Gasteiger charge is 2.22. The molecule has 0 saturated heterocycles. The predicted molar refractivity (Wildman–Crippen MR) is 85.7 cm³/mol. The van der Waals surface area contributed by atoms with Crippen LogP contribution in [0.2, 0.25) is 0 Å². The average molecular weight is 284 g/mol. The van der Waals surface area contributed by atoms with Crippen molar-refractivity contribution in [3.05, 3.63) is 59.7 Å². The van der Waals surface area contributed by atoms with Crippen LogP contribution in [0.15, 0.2) is 48.5 Å². The molecule has 0 saturated carbocycles. The quantitative estimate of drug-likeness (QED) is 0.847. The third kappa shape index (κ3) is 4.10. The van der Waals surface area contributed by atoms with Crippen molar-refractivity contribution in [2.75, 3.05) is 0 Å². The maximum absolute atomic E-state index is 9.57. The van der Waals surface area contributed by atoms with E-state index in [4.69, 9.17) is 4.74 Å². The molecule has 2 rings (SSSR count). The lowest BCUT2D eigenvalue weighted by atomic mass is 9.75. The van der Waals surface area contributed by atoms with E-state index in [9.17, 15) is 10.0 Å². The zero-order valence-electron chi connectivity index (χ0n) is 12.7. The topological polar surface area (TPSA) is 49.7 Å². The summed E-state index contributed by atoms with van der Waals surface area (Å²) in [6, 6.07) is 15.4. The molecule has 0 aliphatic carbocycles. The number of ether oxygens (including phenoxy) is 1. The highest BCUT2D eigenvalue weighted by atomic mass is 16.5. The van der Waals surface area contributed by atoms with Gasteiger partial charge in [0.2, 0.25) is 0 Å². The zero-order chi connectivity index (χ0) is 15.5. The van der Waals surface area contributed by atoms with Crippen molar-refractivity contribution in [2.45, 2.75) is 32.8 Å². The first kappa shape index (κ1) is 15.6. The SMILES string of the molecule is CC(C)(C)c1ccc(OCc2ccccc2)c(B(O)O)c1. The Morgan fingerprint density at radius 2 is 1.67 bits per heavy atom. The van der Waals surface area contributed by atoms with Crippen LogP contribution in [0, 0.1) is 0 Å². The molecule has 0 aliphatic rings. The molecule has 0 radical (unpaired) electrons. The van der Waals surface area contributed by atoms with Gasteiger partial charge in [-0.3, -0.25) is 0 Å². The van der Waals surface area contributed by atoms with Crippen LogP contribution in [-0.2, 0) is 12.0 Å². The standard InChI is InChI=1S/C17H21BO3/c1-17(2,3)14-9-10-16(15(11-14)18(19)20)21-12-13-7-5-4-6-8-13/h4-11,19-20H,12H2,1-3H3. The molecule has 0 unspecified atom stereocenters. The zero-order valence-corrected chi connectivity index (χ0v) is 12.7. The minimum Gasteiger partial charge on any atom is -0.489 e. The van der Waals surface area contributed by atoms with Crippen LogP contribution in [0.5, 0.6) is 5.75 Å². The molecule has 3 nitrogen and oxygen atoms in total. The van der Waals surface area contributed by atoms with Gasteiger partial charge >= 0.3 is 7.12 Å². The summed E-state index contributed by atoms with van der Waals surface area (Å²) in [5.41, 5.74) is 2.42. The normalized spacial score (nSPS) is 11.3. The van der Waals surface area contributed by atoms with Gasteiger partial charge in [0.05, 0.1) is 0 Å². The van der Waals surface area contributed by atoms with E-state index in [-0.39, 0.29) is 5.41 Å². The molecule has 2 aromatic rings. The van der Waals surface area contributed by atoms with Gasteiger partial charge in [0, 0.05) is 5.46 Å². The molecule has 0 aromatic heterocycles. The summed E-state index contributed by atoms with van der Waals surface area (Å²) in [4.78, 5) is 0. The molecule has 0 aliphatic heterocycles. The monoisotopic (exact) mass is 284 g/mol. The van der Waals surface area contributed by atoms with Crippen molar-refractivity contribution in [2.24, 2.45) is 0 Å². The van der Waals surface area contributed by atoms with E-state index in [0.29, 0.717) is 17.8 Å². The highest BCUT2D eigenvalue weighted by Crippen LogP contribution is 2.23. The number of rotatable bonds is 4. The van der Waals surface area contributed by atoms with Gasteiger partial charge in [-0.1, -0.05) is 63.2 Å². The maximum atomic E-state index is 9.57. The summed E-state index contributed by atoms with van der Waals surface area (Å²) >= 11 is 0. The molecule has 0 atom stereocenters. The molecule has 4 heteroatoms. The lowest BCUT2D eigenvalue weighted by molar-refractivity contribution is 0.306. The maximum Gasteiger partial charge on any atom is 0.492 e. The van der Waals surface area contributed by atoms with Crippen LogP contribution < -0.4 is 10.2 Å². The molecule has 0 bridgehead atoms. The van der Waals surface area contributed by atoms with Gasteiger partial charge < -0.3 is 14.8 Å². The fourth-order valence-corrected chi connectivity index (χ4v) is 2.08. The smallest absolute Gasteiger partial charge is 0.489 e. The second kappa shape index (κ2) is 6.33. The lowest BCUT2D eigenvalue weighted by Crippen LogP contribution is -2.32. The van der Waals surface area contributed by atoms with Gasteiger partial charge in [0.15, 0.2) is 0 Å². The molecular formula is C17H21BO3. The Bertz CT molecular complexity index is 589. The van der Waals surface area contributed by atoms with Crippen LogP contribution >= 0.6 is 0 Å². The van der Waals surface area contributed by atoms with Gasteiger partial charge in [-0.25, -0.2) is 0 Å². The summed E-state index contributed by atoms with van der Waals surface area (Å²) in [5, 5.41) is 19.1. The van der Waals surface area contributed by atoms with Crippen molar-refractivity contribution in [3.63, 3.8) is 0 Å². The lowest BCUT2D eigenvalue weighted by Gasteiger charge is -2.21. The van der Waals surface area contributed by atoms with Crippen molar-refractivity contribution in [3.8, 4) is 5.75 Å². The Labute approximate surface area is 126 Å². The largest absolute Gasteiger partial charge is 0.492 e. The van der Waals surface area contributed by atoms with E-state index in [2.05, 4.69) is 20.8 Å². The minimum absolute atomic E-state index is 0.0540. The fraction of sp³-hybridized carbons (Fsp3) is 0.294. The fourth-order valence-electron chi connectivity index (χ4n) is 2.08. The molecule has 21 heavy (non-hydrogen) atoms. The van der Waals surface area contributed by atoms with Crippen LogP contribution in [0.4, 0.5) is 0 Å². The molecule has 0 heterocycles. The van der Waals surface area contributed by atoms with Crippen LogP contribution in [0.25, 0.3) is 0 Å². The Morgan fingerprint density at radius 3 is 2.24 bits per heavy atom. The van der Waals surface area contributed by atoms with Gasteiger partial charge in [-0.2, -0.15) is 0 Å². The molecule has 2 aromatic carbocycles. The third-order valence-electron chi connectivity index (χ3n) is 3.39. The summed E-state index contributed by atoms with van der Waals surface area (Å²) < 4.78 is 5.73. The van der Waals surface area contributed by atoms with E-state index in [1.807, 2.05) is 36.4 Å². The second-order valence-electron chi connectivity index (χ2n) is 6.15. The van der Waals surface area contributed by atoms with Crippen molar-refractivity contribution in [1.29, 1.82) is 0 Å². The van der Waals surface area contributed by atoms with Crippen molar-refractivity contribution >= 4 is 12.6 Å². The number of benzene rings is 2. The minimum atomic E-state index is -1.54. The Balaban J connectivity index is 2.23. The van der Waals surface area contributed by atoms with Gasteiger partial charge in [0.1, 0.15) is 12.4 Å². The summed E-state index contributed by atoms with van der Waals surface area (Å²) in [7, 11) is -1.54. The first-order valence-electron chi connectivity index (χ1n) is 7.05. The third-order valence-corrected chi connectivity index (χ3v) is 3.39. The van der Waals surface area contributed by atoms with Crippen molar-refractivity contribution in [1.82, 2.24) is 0 Å². The van der Waals surface area contributed by atoms with E-state index in [0.717, 1.165) is 11.1 Å². The van der Waals surface area contributed by atoms with Crippen LogP contribution in [-0.4, -0.2) is 17.2 Å². The molecule has 110 valence electrons.